The van der Waals surface area contributed by atoms with Crippen LogP contribution >= 0.6 is 0 Å². The maximum Gasteiger partial charge on any atom is 0.410 e. The molecule has 2 heterocycles. The first-order valence-electron chi connectivity index (χ1n) is 7.61. The summed E-state index contributed by atoms with van der Waals surface area (Å²) in [6.45, 7) is 6.74. The quantitative estimate of drug-likeness (QED) is 0.801. The number of nitrogens with zero attached hydrogens (tertiary/aromatic N) is 3. The van der Waals surface area contributed by atoms with E-state index in [1.165, 1.54) is 0 Å². The number of ether oxygens (including phenoxy) is 1. The number of likely N-dealkylation sites (tertiary alicyclic amines) is 1. The zero-order chi connectivity index (χ0) is 16.2. The Hall–Kier alpha value is -1.98. The van der Waals surface area contributed by atoms with Crippen molar-refractivity contribution in [3.05, 3.63) is 35.0 Å². The smallest absolute Gasteiger partial charge is 0.410 e. The van der Waals surface area contributed by atoms with E-state index < -0.39 is 11.6 Å². The van der Waals surface area contributed by atoms with Crippen LogP contribution in [-0.4, -0.2) is 34.7 Å². The van der Waals surface area contributed by atoms with E-state index in [2.05, 4.69) is 10.2 Å². The molecule has 0 bridgehead atoms. The summed E-state index contributed by atoms with van der Waals surface area (Å²) < 4.78 is 5.38. The summed E-state index contributed by atoms with van der Waals surface area (Å²) >= 11 is 0. The Morgan fingerprint density at radius 2 is 2.09 bits per heavy atom. The second kappa shape index (κ2) is 6.85. The Balaban J connectivity index is 1.94. The number of hydrogen-bond donors (Lipinski definition) is 0. The van der Waals surface area contributed by atoms with Gasteiger partial charge in [0.25, 0.3) is 0 Å². The Kier molecular flexibility index (Phi) is 5.11. The lowest BCUT2D eigenvalue weighted by Crippen LogP contribution is -2.42. The van der Waals surface area contributed by atoms with Crippen molar-refractivity contribution < 1.29 is 9.53 Å². The molecule has 1 fully saturated rings. The van der Waals surface area contributed by atoms with Crippen LogP contribution in [0.25, 0.3) is 0 Å². The van der Waals surface area contributed by atoms with Gasteiger partial charge < -0.3 is 9.64 Å². The molecular formula is C16H23N3O3. The van der Waals surface area contributed by atoms with Gasteiger partial charge in [-0.15, -0.1) is 0 Å². The standard InChI is InChI=1S/C16H23N3O3/c1-16(2,3)22-15(20)19-9-6-12(7-10-19)14(18-21)13-5-4-8-17-11-13/h4-5,8,11-12,14H,6-7,9-10H2,1-3H3. The number of nitroso groups, excluding NO2 is 1. The maximum atomic E-state index is 12.0. The third kappa shape index (κ3) is 4.26. The summed E-state index contributed by atoms with van der Waals surface area (Å²) in [5.41, 5.74) is 0.351. The predicted octanol–water partition coefficient (Wildman–Crippen LogP) is 3.54. The molecule has 1 atom stereocenters. The first kappa shape index (κ1) is 16.4. The van der Waals surface area contributed by atoms with Crippen LogP contribution in [0, 0.1) is 10.8 Å². The molecule has 0 aliphatic carbocycles. The van der Waals surface area contributed by atoms with Gasteiger partial charge in [0.1, 0.15) is 11.6 Å². The molecule has 1 aromatic heterocycles. The van der Waals surface area contributed by atoms with Crippen LogP contribution in [0.5, 0.6) is 0 Å². The molecular weight excluding hydrogens is 282 g/mol. The van der Waals surface area contributed by atoms with E-state index in [0.717, 1.165) is 18.4 Å². The van der Waals surface area contributed by atoms with Crippen LogP contribution in [0.1, 0.15) is 45.2 Å². The van der Waals surface area contributed by atoms with Gasteiger partial charge in [0.05, 0.1) is 0 Å². The van der Waals surface area contributed by atoms with Crippen molar-refractivity contribution in [2.75, 3.05) is 13.1 Å². The second-order valence-corrected chi connectivity index (χ2v) is 6.64. The number of carbonyl (C=O) groups excluding carboxylic acids is 1. The van der Waals surface area contributed by atoms with Crippen LogP contribution in [0.15, 0.2) is 29.7 Å². The van der Waals surface area contributed by atoms with Crippen molar-refractivity contribution in [2.24, 2.45) is 11.1 Å². The van der Waals surface area contributed by atoms with Crippen LogP contribution in [0.3, 0.4) is 0 Å². The lowest BCUT2D eigenvalue weighted by atomic mass is 9.86. The van der Waals surface area contributed by atoms with E-state index in [0.29, 0.717) is 13.1 Å². The van der Waals surface area contributed by atoms with E-state index in [1.54, 1.807) is 17.3 Å². The molecule has 120 valence electrons. The first-order valence-corrected chi connectivity index (χ1v) is 7.61. The third-order valence-corrected chi connectivity index (χ3v) is 3.78. The average Bonchev–Trinajstić information content (AvgIpc) is 2.48. The zero-order valence-corrected chi connectivity index (χ0v) is 13.4. The zero-order valence-electron chi connectivity index (χ0n) is 13.4. The lowest BCUT2D eigenvalue weighted by molar-refractivity contribution is 0.0174. The molecule has 0 spiro atoms. The maximum absolute atomic E-state index is 12.0. The minimum absolute atomic E-state index is 0.139. The molecule has 2 rings (SSSR count). The first-order chi connectivity index (χ1) is 10.4. The summed E-state index contributed by atoms with van der Waals surface area (Å²) in [5, 5.41) is 3.29. The van der Waals surface area contributed by atoms with Crippen molar-refractivity contribution in [1.29, 1.82) is 0 Å². The van der Waals surface area contributed by atoms with Crippen molar-refractivity contribution in [3.63, 3.8) is 0 Å². The van der Waals surface area contributed by atoms with E-state index in [-0.39, 0.29) is 12.0 Å². The molecule has 1 unspecified atom stereocenters. The molecule has 1 aliphatic heterocycles. The highest BCUT2D eigenvalue weighted by Crippen LogP contribution is 2.33. The van der Waals surface area contributed by atoms with Gasteiger partial charge in [-0.3, -0.25) is 4.98 Å². The summed E-state index contributed by atoms with van der Waals surface area (Å²) in [7, 11) is 0. The summed E-state index contributed by atoms with van der Waals surface area (Å²) in [5.74, 6) is 0.139. The largest absolute Gasteiger partial charge is 0.444 e. The number of aromatic nitrogens is 1. The van der Waals surface area contributed by atoms with Gasteiger partial charge in [0.15, 0.2) is 0 Å². The van der Waals surface area contributed by atoms with Gasteiger partial charge in [-0.1, -0.05) is 11.2 Å². The van der Waals surface area contributed by atoms with Gasteiger partial charge in [-0.25, -0.2) is 4.79 Å². The van der Waals surface area contributed by atoms with E-state index in [4.69, 9.17) is 4.74 Å². The Bertz CT molecular complexity index is 505. The Morgan fingerprint density at radius 3 is 2.59 bits per heavy atom. The second-order valence-electron chi connectivity index (χ2n) is 6.64. The van der Waals surface area contributed by atoms with Crippen LogP contribution in [-0.2, 0) is 4.74 Å². The topological polar surface area (TPSA) is 71.9 Å². The van der Waals surface area contributed by atoms with E-state index in [1.807, 2.05) is 32.9 Å². The summed E-state index contributed by atoms with van der Waals surface area (Å²) in [6.07, 6.45) is 4.56. The van der Waals surface area contributed by atoms with Crippen molar-refractivity contribution >= 4 is 6.09 Å². The van der Waals surface area contributed by atoms with Gasteiger partial charge in [-0.2, -0.15) is 4.91 Å². The summed E-state index contributed by atoms with van der Waals surface area (Å²) in [4.78, 5) is 29.0. The highest BCUT2D eigenvalue weighted by molar-refractivity contribution is 5.68. The molecule has 22 heavy (non-hydrogen) atoms. The van der Waals surface area contributed by atoms with E-state index >= 15 is 0 Å². The van der Waals surface area contributed by atoms with Gasteiger partial charge in [0.2, 0.25) is 0 Å². The highest BCUT2D eigenvalue weighted by Gasteiger charge is 2.32. The molecule has 0 N–H and O–H groups in total. The highest BCUT2D eigenvalue weighted by atomic mass is 16.6. The molecule has 0 aromatic carbocycles. The van der Waals surface area contributed by atoms with E-state index in [9.17, 15) is 9.70 Å². The number of pyridine rings is 1. The minimum Gasteiger partial charge on any atom is -0.444 e. The van der Waals surface area contributed by atoms with Crippen molar-refractivity contribution in [3.8, 4) is 0 Å². The number of piperidine rings is 1. The summed E-state index contributed by atoms with van der Waals surface area (Å²) in [6, 6.07) is 3.29. The Morgan fingerprint density at radius 1 is 1.41 bits per heavy atom. The fourth-order valence-corrected chi connectivity index (χ4v) is 2.69. The fourth-order valence-electron chi connectivity index (χ4n) is 2.69. The fraction of sp³-hybridized carbons (Fsp3) is 0.625. The lowest BCUT2D eigenvalue weighted by Gasteiger charge is -2.34. The Labute approximate surface area is 130 Å². The molecule has 6 nitrogen and oxygen atoms in total. The number of rotatable bonds is 3. The molecule has 6 heteroatoms. The molecule has 0 saturated carbocycles. The minimum atomic E-state index is -0.490. The van der Waals surface area contributed by atoms with Gasteiger partial charge in [-0.05, 0) is 51.2 Å². The number of carbonyl (C=O) groups is 1. The third-order valence-electron chi connectivity index (χ3n) is 3.78. The number of hydrogen-bond acceptors (Lipinski definition) is 5. The molecule has 1 saturated heterocycles. The molecule has 0 radical (unpaired) electrons. The van der Waals surface area contributed by atoms with Crippen LogP contribution < -0.4 is 0 Å². The van der Waals surface area contributed by atoms with Crippen LogP contribution in [0.2, 0.25) is 0 Å². The molecule has 1 aromatic rings. The number of amides is 1. The SMILES string of the molecule is CC(C)(C)OC(=O)N1CCC(C(N=O)c2cccnc2)CC1. The molecule has 1 amide bonds. The molecule has 1 aliphatic rings. The van der Waals surface area contributed by atoms with Gasteiger partial charge >= 0.3 is 6.09 Å². The monoisotopic (exact) mass is 305 g/mol. The van der Waals surface area contributed by atoms with Crippen molar-refractivity contribution in [2.45, 2.75) is 45.3 Å². The van der Waals surface area contributed by atoms with Crippen LogP contribution in [0.4, 0.5) is 4.79 Å². The van der Waals surface area contributed by atoms with Gasteiger partial charge in [0, 0.05) is 25.5 Å². The average molecular weight is 305 g/mol. The normalized spacial score (nSPS) is 17.9. The predicted molar refractivity (Wildman–Crippen MR) is 83.3 cm³/mol. The van der Waals surface area contributed by atoms with Crippen molar-refractivity contribution in [1.82, 2.24) is 9.88 Å².